The number of carbonyl (C=O) groups is 1. The molecule has 1 amide bonds. The van der Waals surface area contributed by atoms with E-state index in [0.717, 1.165) is 5.56 Å². The van der Waals surface area contributed by atoms with Gasteiger partial charge in [-0.2, -0.15) is 5.06 Å². The molecule has 0 bridgehead atoms. The molecule has 5 heteroatoms. The Morgan fingerprint density at radius 3 is 2.44 bits per heavy atom. The first-order chi connectivity index (χ1) is 12.2. The molecule has 4 nitrogen and oxygen atoms in total. The van der Waals surface area contributed by atoms with E-state index >= 15 is 0 Å². The molecule has 0 saturated carbocycles. The van der Waals surface area contributed by atoms with E-state index in [1.807, 2.05) is 0 Å². The Kier molecular flexibility index (Phi) is 5.58. The molecule has 2 aliphatic carbocycles. The van der Waals surface area contributed by atoms with Crippen LogP contribution >= 0.6 is 0 Å². The second-order valence-electron chi connectivity index (χ2n) is 5.96. The summed E-state index contributed by atoms with van der Waals surface area (Å²) < 4.78 is 13.2. The Morgan fingerprint density at radius 2 is 1.96 bits per heavy atom. The van der Waals surface area contributed by atoms with Crippen LogP contribution in [-0.2, 0) is 16.2 Å². The third kappa shape index (κ3) is 4.32. The van der Waals surface area contributed by atoms with E-state index in [-0.39, 0.29) is 17.8 Å². The van der Waals surface area contributed by atoms with Crippen LogP contribution in [0.5, 0.6) is 0 Å². The van der Waals surface area contributed by atoms with Gasteiger partial charge in [-0.15, -0.1) is 6.58 Å². The minimum Gasteiger partial charge on any atom is -0.355 e. The Bertz CT molecular complexity index is 725. The minimum absolute atomic E-state index is 0.0551. The molecule has 1 saturated heterocycles. The van der Waals surface area contributed by atoms with E-state index in [1.54, 1.807) is 23.3 Å². The fourth-order valence-electron chi connectivity index (χ4n) is 2.73. The van der Waals surface area contributed by atoms with Crippen molar-refractivity contribution >= 4 is 5.91 Å². The van der Waals surface area contributed by atoms with E-state index in [1.165, 1.54) is 23.3 Å². The monoisotopic (exact) mass is 340 g/mol. The first-order valence-electron chi connectivity index (χ1n) is 8.30. The van der Waals surface area contributed by atoms with Gasteiger partial charge in [0, 0.05) is 6.54 Å². The third-order valence-corrected chi connectivity index (χ3v) is 4.17. The Balaban J connectivity index is 0.000000250. The van der Waals surface area contributed by atoms with Gasteiger partial charge in [0.15, 0.2) is 0 Å². The van der Waals surface area contributed by atoms with Gasteiger partial charge in [0.2, 0.25) is 5.91 Å². The molecule has 25 heavy (non-hydrogen) atoms. The van der Waals surface area contributed by atoms with Gasteiger partial charge in [0.25, 0.3) is 0 Å². The van der Waals surface area contributed by atoms with Gasteiger partial charge in [0.1, 0.15) is 11.9 Å². The van der Waals surface area contributed by atoms with Crippen LogP contribution in [0.15, 0.2) is 61.2 Å². The van der Waals surface area contributed by atoms with Crippen molar-refractivity contribution in [3.8, 4) is 11.1 Å². The number of hydrogen-bond acceptors (Lipinski definition) is 3. The molecule has 1 fully saturated rings. The summed E-state index contributed by atoms with van der Waals surface area (Å²) in [7, 11) is 0. The molecule has 130 valence electrons. The summed E-state index contributed by atoms with van der Waals surface area (Å²) in [6, 6.07) is 14.4. The van der Waals surface area contributed by atoms with Gasteiger partial charge >= 0.3 is 0 Å². The lowest BCUT2D eigenvalue weighted by atomic mass is 9.95. The number of rotatable bonds is 6. The van der Waals surface area contributed by atoms with E-state index in [9.17, 15) is 9.18 Å². The summed E-state index contributed by atoms with van der Waals surface area (Å²) >= 11 is 0. The maximum absolute atomic E-state index is 13.2. The highest BCUT2D eigenvalue weighted by Crippen LogP contribution is 2.29. The normalized spacial score (nSPS) is 16.9. The van der Waals surface area contributed by atoms with Crippen molar-refractivity contribution in [2.24, 2.45) is 0 Å². The highest BCUT2D eigenvalue weighted by atomic mass is 19.1. The molecule has 1 unspecified atom stereocenters. The van der Waals surface area contributed by atoms with Crippen LogP contribution in [0.2, 0.25) is 0 Å². The van der Waals surface area contributed by atoms with Crippen molar-refractivity contribution in [2.75, 3.05) is 13.2 Å². The molecule has 1 atom stereocenters. The summed E-state index contributed by atoms with van der Waals surface area (Å²) in [6.45, 7) is 4.91. The number of benzene rings is 2. The number of halogens is 1. The van der Waals surface area contributed by atoms with Gasteiger partial charge < -0.3 is 5.32 Å². The molecule has 1 aliphatic heterocycles. The number of carbonyl (C=O) groups excluding carboxylic acids is 1. The summed E-state index contributed by atoms with van der Waals surface area (Å²) in [5.41, 5.74) is 3.62. The number of nitrogens with zero attached hydrogens (tertiary/aromatic N) is 1. The number of hydroxylamine groups is 2. The topological polar surface area (TPSA) is 41.6 Å². The number of hydrogen-bond donors (Lipinski definition) is 1. The van der Waals surface area contributed by atoms with Gasteiger partial charge in [-0.05, 0) is 35.2 Å². The lowest BCUT2D eigenvalue weighted by Gasteiger charge is -2.25. The van der Waals surface area contributed by atoms with Crippen molar-refractivity contribution in [3.05, 3.63) is 72.6 Å². The molecule has 1 N–H and O–H groups in total. The number of nitrogens with one attached hydrogen (secondary N) is 1. The Morgan fingerprint density at radius 1 is 1.24 bits per heavy atom. The first kappa shape index (κ1) is 17.3. The maximum atomic E-state index is 13.2. The largest absolute Gasteiger partial charge is 0.355 e. The second-order valence-corrected chi connectivity index (χ2v) is 5.96. The van der Waals surface area contributed by atoms with Crippen LogP contribution in [0.25, 0.3) is 11.1 Å². The van der Waals surface area contributed by atoms with E-state index in [2.05, 4.69) is 36.2 Å². The van der Waals surface area contributed by atoms with Gasteiger partial charge in [0.05, 0.1) is 13.2 Å². The maximum Gasteiger partial charge on any atom is 0.239 e. The van der Waals surface area contributed by atoms with E-state index < -0.39 is 0 Å². The molecular formula is C20H21FN2O2. The average molecular weight is 340 g/mol. The van der Waals surface area contributed by atoms with Gasteiger partial charge in [-0.25, -0.2) is 4.39 Å². The third-order valence-electron chi connectivity index (χ3n) is 4.17. The van der Waals surface area contributed by atoms with Crippen molar-refractivity contribution in [1.29, 1.82) is 0 Å². The highest BCUT2D eigenvalue weighted by Gasteiger charge is 2.31. The minimum atomic E-state index is -0.330. The molecule has 0 spiro atoms. The van der Waals surface area contributed by atoms with Crippen LogP contribution in [0.4, 0.5) is 4.39 Å². The molecule has 0 radical (unpaired) electrons. The van der Waals surface area contributed by atoms with Crippen molar-refractivity contribution in [3.63, 3.8) is 0 Å². The smallest absolute Gasteiger partial charge is 0.239 e. The van der Waals surface area contributed by atoms with Crippen LogP contribution in [0.3, 0.4) is 0 Å². The zero-order valence-electron chi connectivity index (χ0n) is 14.0. The summed E-state index contributed by atoms with van der Waals surface area (Å²) in [6.07, 6.45) is 2.30. The van der Waals surface area contributed by atoms with Crippen LogP contribution in [0, 0.1) is 5.82 Å². The van der Waals surface area contributed by atoms with Crippen LogP contribution in [-0.4, -0.2) is 30.2 Å². The SMILES string of the molecule is C=CCON(Cc1cccc(F)c1)C1CCNC1=O.c1cc2ccc1-2. The summed E-state index contributed by atoms with van der Waals surface area (Å²) in [5, 5.41) is 4.36. The quantitative estimate of drug-likeness (QED) is 0.553. The van der Waals surface area contributed by atoms with Gasteiger partial charge in [-0.1, -0.05) is 42.5 Å². The second kappa shape index (κ2) is 8.05. The molecular weight excluding hydrogens is 319 g/mol. The highest BCUT2D eigenvalue weighted by molar-refractivity contribution is 5.83. The molecule has 1 heterocycles. The van der Waals surface area contributed by atoms with E-state index in [4.69, 9.17) is 4.84 Å². The first-order valence-corrected chi connectivity index (χ1v) is 8.30. The summed E-state index contributed by atoms with van der Waals surface area (Å²) in [5.74, 6) is -0.350. The van der Waals surface area contributed by atoms with Crippen LogP contribution in [0.1, 0.15) is 12.0 Å². The molecule has 1 aromatic rings. The van der Waals surface area contributed by atoms with Crippen LogP contribution < -0.4 is 5.32 Å². The van der Waals surface area contributed by atoms with E-state index in [0.29, 0.717) is 26.1 Å². The fourth-order valence-corrected chi connectivity index (χ4v) is 2.73. The summed E-state index contributed by atoms with van der Waals surface area (Å²) in [4.78, 5) is 17.2. The fraction of sp³-hybridized carbons (Fsp3) is 0.250. The van der Waals surface area contributed by atoms with Gasteiger partial charge in [-0.3, -0.25) is 9.63 Å². The lowest BCUT2D eigenvalue weighted by Crippen LogP contribution is -2.40. The lowest BCUT2D eigenvalue weighted by molar-refractivity contribution is -0.186. The number of amides is 1. The predicted octanol–water partition coefficient (Wildman–Crippen LogP) is 3.30. The number of fused-ring (bicyclic) bond motifs is 1. The zero-order chi connectivity index (χ0) is 17.6. The molecule has 0 aromatic heterocycles. The molecule has 4 rings (SSSR count). The molecule has 1 aromatic carbocycles. The average Bonchev–Trinajstić information content (AvgIpc) is 3.01. The van der Waals surface area contributed by atoms with Crippen molar-refractivity contribution in [2.45, 2.75) is 19.0 Å². The zero-order valence-corrected chi connectivity index (χ0v) is 14.0. The Labute approximate surface area is 146 Å². The Hall–Kier alpha value is -2.50. The van der Waals surface area contributed by atoms with Crippen molar-refractivity contribution < 1.29 is 14.0 Å². The predicted molar refractivity (Wildman–Crippen MR) is 94.9 cm³/mol. The molecule has 3 aliphatic rings. The van der Waals surface area contributed by atoms with Crippen molar-refractivity contribution in [1.82, 2.24) is 10.4 Å². The standard InChI is InChI=1S/C14H17FN2O2.C6H4/c1-2-8-19-17(13-6-7-16-14(13)18)10-11-4-3-5-12(15)9-11;1-2-6-4-3-5(1)6/h2-5,9,13H,1,6-8,10H2,(H,16,18);1-4H.